The van der Waals surface area contributed by atoms with Gasteiger partial charge < -0.3 is 4.90 Å². The minimum atomic E-state index is -0.307. The van der Waals surface area contributed by atoms with Gasteiger partial charge in [-0.15, -0.1) is 0 Å². The molecule has 1 amide bonds. The maximum Gasteiger partial charge on any atom is 0.269 e. The highest BCUT2D eigenvalue weighted by molar-refractivity contribution is 6.10. The highest BCUT2D eigenvalue weighted by Crippen LogP contribution is 2.46. The Kier molecular flexibility index (Phi) is 3.30. The molecule has 0 aliphatic carbocycles. The van der Waals surface area contributed by atoms with Crippen LogP contribution in [-0.4, -0.2) is 19.0 Å². The molecule has 2 aromatic carbocycles. The van der Waals surface area contributed by atoms with Gasteiger partial charge in [0.1, 0.15) is 11.6 Å². The van der Waals surface area contributed by atoms with Crippen LogP contribution in [-0.2, 0) is 4.79 Å². The molecule has 25 heavy (non-hydrogen) atoms. The summed E-state index contributed by atoms with van der Waals surface area (Å²) in [7, 11) is 1.97. The van der Waals surface area contributed by atoms with E-state index in [1.54, 1.807) is 35.2 Å². The van der Waals surface area contributed by atoms with E-state index in [4.69, 9.17) is 5.26 Å². The number of anilines is 2. The third kappa shape index (κ3) is 2.10. The summed E-state index contributed by atoms with van der Waals surface area (Å²) in [5.41, 5.74) is 3.47. The molecular weight excluding hydrogens is 312 g/mol. The summed E-state index contributed by atoms with van der Waals surface area (Å²) in [5, 5.41) is 18.4. The number of amides is 1. The topological polar surface area (TPSA) is 71.1 Å². The Labute approximate surface area is 145 Å². The molecule has 0 N–H and O–H groups in total. The van der Waals surface area contributed by atoms with E-state index in [0.29, 0.717) is 11.3 Å². The maximum atomic E-state index is 12.9. The van der Waals surface area contributed by atoms with Crippen LogP contribution in [0.4, 0.5) is 11.4 Å². The Morgan fingerprint density at radius 3 is 2.40 bits per heavy atom. The van der Waals surface area contributed by atoms with Crippen LogP contribution < -0.4 is 9.80 Å². The van der Waals surface area contributed by atoms with Crippen molar-refractivity contribution in [1.82, 2.24) is 0 Å². The Morgan fingerprint density at radius 1 is 1.00 bits per heavy atom. The molecule has 0 saturated carbocycles. The summed E-state index contributed by atoms with van der Waals surface area (Å²) in [6.45, 7) is 0. The maximum absolute atomic E-state index is 12.9. The highest BCUT2D eigenvalue weighted by Gasteiger charge is 2.45. The number of para-hydroxylation sites is 1. The molecule has 0 saturated heterocycles. The summed E-state index contributed by atoms with van der Waals surface area (Å²) in [4.78, 5) is 16.7. The zero-order valence-electron chi connectivity index (χ0n) is 13.5. The van der Waals surface area contributed by atoms with Gasteiger partial charge in [-0.3, -0.25) is 9.69 Å². The fourth-order valence-electron chi connectivity index (χ4n) is 3.67. The van der Waals surface area contributed by atoms with E-state index in [1.807, 2.05) is 37.4 Å². The second kappa shape index (κ2) is 5.51. The number of fused-ring (bicyclic) bond motifs is 3. The Hall–Kier alpha value is -3.57. The van der Waals surface area contributed by atoms with Crippen LogP contribution in [0.2, 0.25) is 0 Å². The van der Waals surface area contributed by atoms with Crippen LogP contribution in [0, 0.1) is 22.7 Å². The predicted octanol–water partition coefficient (Wildman–Crippen LogP) is 2.91. The monoisotopic (exact) mass is 326 g/mol. The molecule has 5 heteroatoms. The number of carbonyl (C=O) groups excluding carboxylic acids is 1. The van der Waals surface area contributed by atoms with Crippen LogP contribution in [0.5, 0.6) is 0 Å². The van der Waals surface area contributed by atoms with Crippen molar-refractivity contribution in [3.8, 4) is 12.1 Å². The molecule has 4 rings (SSSR count). The largest absolute Gasteiger partial charge is 0.365 e. The number of likely N-dealkylation sites (N-methyl/N-ethyl adjacent to an activating group) is 1. The first-order valence-corrected chi connectivity index (χ1v) is 7.93. The van der Waals surface area contributed by atoms with Crippen molar-refractivity contribution >= 4 is 17.3 Å². The lowest BCUT2D eigenvalue weighted by Crippen LogP contribution is -2.46. The average molecular weight is 326 g/mol. The van der Waals surface area contributed by atoms with Crippen LogP contribution in [0.3, 0.4) is 0 Å². The molecule has 0 spiro atoms. The summed E-state index contributed by atoms with van der Waals surface area (Å²) in [6, 6.07) is 18.7. The minimum absolute atomic E-state index is 0.0969. The lowest BCUT2D eigenvalue weighted by molar-refractivity contribution is -0.115. The van der Waals surface area contributed by atoms with Gasteiger partial charge in [0.25, 0.3) is 5.91 Å². The number of hydrogen-bond acceptors (Lipinski definition) is 4. The highest BCUT2D eigenvalue weighted by atomic mass is 16.2. The summed E-state index contributed by atoms with van der Waals surface area (Å²) < 4.78 is 0. The van der Waals surface area contributed by atoms with E-state index in [2.05, 4.69) is 11.0 Å². The van der Waals surface area contributed by atoms with E-state index >= 15 is 0 Å². The zero-order valence-corrected chi connectivity index (χ0v) is 13.5. The molecule has 5 nitrogen and oxygen atoms in total. The van der Waals surface area contributed by atoms with Gasteiger partial charge in [0, 0.05) is 24.0 Å². The van der Waals surface area contributed by atoms with Crippen molar-refractivity contribution < 1.29 is 4.79 Å². The van der Waals surface area contributed by atoms with Gasteiger partial charge in [0.2, 0.25) is 0 Å². The first kappa shape index (κ1) is 15.0. The second-order valence-corrected chi connectivity index (χ2v) is 6.13. The first-order chi connectivity index (χ1) is 12.2. The van der Waals surface area contributed by atoms with Gasteiger partial charge in [-0.05, 0) is 36.4 Å². The average Bonchev–Trinajstić information content (AvgIpc) is 2.94. The number of nitriles is 2. The molecule has 2 unspecified atom stereocenters. The third-order valence-electron chi connectivity index (χ3n) is 4.87. The van der Waals surface area contributed by atoms with E-state index in [-0.39, 0.29) is 23.6 Å². The van der Waals surface area contributed by atoms with E-state index < -0.39 is 0 Å². The van der Waals surface area contributed by atoms with Crippen molar-refractivity contribution in [3.05, 3.63) is 71.3 Å². The number of nitrogens with zero attached hydrogens (tertiary/aromatic N) is 4. The molecule has 2 aliphatic rings. The normalized spacial score (nSPS) is 21.1. The van der Waals surface area contributed by atoms with E-state index in [0.717, 1.165) is 11.3 Å². The van der Waals surface area contributed by atoms with Crippen LogP contribution in [0.1, 0.15) is 17.2 Å². The summed E-state index contributed by atoms with van der Waals surface area (Å²) in [6.07, 6.45) is 1.76. The van der Waals surface area contributed by atoms with Crippen molar-refractivity contribution in [1.29, 1.82) is 10.5 Å². The quantitative estimate of drug-likeness (QED) is 0.808. The molecule has 2 aromatic rings. The number of benzene rings is 2. The Balaban J connectivity index is 1.90. The molecule has 0 aromatic heterocycles. The Bertz CT molecular complexity index is 978. The van der Waals surface area contributed by atoms with Crippen molar-refractivity contribution in [2.24, 2.45) is 0 Å². The molecule has 0 bridgehead atoms. The van der Waals surface area contributed by atoms with Crippen molar-refractivity contribution in [3.63, 3.8) is 0 Å². The summed E-state index contributed by atoms with van der Waals surface area (Å²) >= 11 is 0. The smallest absolute Gasteiger partial charge is 0.269 e. The van der Waals surface area contributed by atoms with Crippen LogP contribution in [0.25, 0.3) is 0 Å². The lowest BCUT2D eigenvalue weighted by Gasteiger charge is -2.37. The second-order valence-electron chi connectivity index (χ2n) is 6.13. The molecular formula is C20H14N4O. The van der Waals surface area contributed by atoms with Gasteiger partial charge in [-0.2, -0.15) is 10.5 Å². The number of rotatable bonds is 1. The summed E-state index contributed by atoms with van der Waals surface area (Å²) in [5.74, 6) is -0.307. The lowest BCUT2D eigenvalue weighted by atomic mass is 9.93. The first-order valence-electron chi connectivity index (χ1n) is 7.93. The van der Waals surface area contributed by atoms with Crippen molar-refractivity contribution in [2.75, 3.05) is 16.8 Å². The van der Waals surface area contributed by atoms with Crippen LogP contribution in [0.15, 0.2) is 60.2 Å². The van der Waals surface area contributed by atoms with Gasteiger partial charge >= 0.3 is 0 Å². The molecule has 2 aliphatic heterocycles. The number of hydrogen-bond donors (Lipinski definition) is 0. The van der Waals surface area contributed by atoms with Gasteiger partial charge in [-0.1, -0.05) is 18.2 Å². The van der Waals surface area contributed by atoms with Gasteiger partial charge in [0.15, 0.2) is 0 Å². The molecule has 0 radical (unpaired) electrons. The number of carbonyl (C=O) groups is 1. The fraction of sp³-hybridized carbons (Fsp3) is 0.150. The van der Waals surface area contributed by atoms with Crippen molar-refractivity contribution in [2.45, 2.75) is 12.1 Å². The predicted molar refractivity (Wildman–Crippen MR) is 93.7 cm³/mol. The fourth-order valence-corrected chi connectivity index (χ4v) is 3.67. The van der Waals surface area contributed by atoms with E-state index in [9.17, 15) is 10.1 Å². The molecule has 2 heterocycles. The van der Waals surface area contributed by atoms with Gasteiger partial charge in [0.05, 0.1) is 23.7 Å². The minimum Gasteiger partial charge on any atom is -0.365 e. The molecule has 120 valence electrons. The standard InChI is InChI=1S/C20H14N4O/c1-23-17-5-3-2-4-16(17)19-18(23)10-14(12-22)20(25)24(19)15-8-6-13(11-21)7-9-15/h2-10,18-19H,1H3. The zero-order chi connectivity index (χ0) is 17.6. The van der Waals surface area contributed by atoms with Gasteiger partial charge in [-0.25, -0.2) is 0 Å². The van der Waals surface area contributed by atoms with Crippen LogP contribution >= 0.6 is 0 Å². The van der Waals surface area contributed by atoms with E-state index in [1.165, 1.54) is 0 Å². The third-order valence-corrected chi connectivity index (χ3v) is 4.87. The SMILES string of the molecule is CN1c2ccccc2C2C1C=C(C#N)C(=O)N2c1ccc(C#N)cc1. The molecule has 2 atom stereocenters. The Morgan fingerprint density at radius 2 is 1.72 bits per heavy atom. The molecule has 0 fully saturated rings.